The normalized spacial score (nSPS) is 33.2. The zero-order chi connectivity index (χ0) is 15.2. The molecule has 0 saturated heterocycles. The first-order valence-electron chi connectivity index (χ1n) is 8.36. The van der Waals surface area contributed by atoms with Crippen molar-refractivity contribution < 1.29 is 0 Å². The molecule has 0 aromatic carbocycles. The summed E-state index contributed by atoms with van der Waals surface area (Å²) in [5.41, 5.74) is 5.56. The average Bonchev–Trinajstić information content (AvgIpc) is 2.42. The van der Waals surface area contributed by atoms with E-state index in [9.17, 15) is 0 Å². The first kappa shape index (κ1) is 16.9. The second-order valence-electron chi connectivity index (χ2n) is 6.88. The lowest BCUT2D eigenvalue weighted by Crippen LogP contribution is -2.40. The van der Waals surface area contributed by atoms with Crippen molar-refractivity contribution in [1.29, 1.82) is 0 Å². The Bertz CT molecular complexity index is 323. The number of hydrogen-bond acceptors (Lipinski definition) is 2. The fraction of sp³-hybridized carbons (Fsp3) is 0.875. The molecule has 2 saturated carbocycles. The van der Waals surface area contributed by atoms with Crippen LogP contribution in [0.25, 0.3) is 0 Å². The Kier molecular flexibility index (Phi) is 6.68. The maximum atomic E-state index is 5.56. The van der Waals surface area contributed by atoms with E-state index in [1.165, 1.54) is 57.8 Å². The zero-order valence-electron chi connectivity index (χ0n) is 13.1. The van der Waals surface area contributed by atoms with Gasteiger partial charge in [-0.05, 0) is 88.8 Å². The van der Waals surface area contributed by atoms with Gasteiger partial charge in [0, 0.05) is 12.1 Å². The van der Waals surface area contributed by atoms with Gasteiger partial charge in [0.2, 0.25) is 0 Å². The first-order valence-corrected chi connectivity index (χ1v) is 9.17. The summed E-state index contributed by atoms with van der Waals surface area (Å²) in [6.07, 6.45) is 11.8. The van der Waals surface area contributed by atoms with Crippen molar-refractivity contribution in [3.63, 3.8) is 0 Å². The summed E-state index contributed by atoms with van der Waals surface area (Å²) in [4.78, 5) is 0.946. The molecule has 0 unspecified atom stereocenters. The highest BCUT2D eigenvalue weighted by molar-refractivity contribution is 7.80. The molecule has 0 aromatic rings. The van der Waals surface area contributed by atoms with Gasteiger partial charge in [-0.3, -0.25) is 0 Å². The molecule has 21 heavy (non-hydrogen) atoms. The summed E-state index contributed by atoms with van der Waals surface area (Å²) in [5.74, 6) is 1.84. The molecule has 0 radical (unpaired) electrons. The Balaban J connectivity index is 1.64. The molecule has 0 amide bonds. The number of rotatable bonds is 4. The van der Waals surface area contributed by atoms with Gasteiger partial charge in [0.15, 0.2) is 5.11 Å². The molecule has 3 nitrogen and oxygen atoms in total. The highest BCUT2D eigenvalue weighted by Crippen LogP contribution is 2.35. The summed E-state index contributed by atoms with van der Waals surface area (Å²) in [6.45, 7) is 1.99. The standard InChI is InChI=1S/C16H29N3S2/c1-11(20)18-14-6-2-12(3-7-14)10-13-4-8-15(9-5-13)19-16(17)21/h12-15H,2-10H2,1H3,(H,18,20)(H3,17,19,21). The number of nitrogens with two attached hydrogens (primary N) is 1. The molecule has 0 atom stereocenters. The minimum atomic E-state index is 0.457. The van der Waals surface area contributed by atoms with Gasteiger partial charge in [-0.15, -0.1) is 0 Å². The van der Waals surface area contributed by atoms with Gasteiger partial charge in [0.25, 0.3) is 0 Å². The fourth-order valence-electron chi connectivity index (χ4n) is 4.05. The van der Waals surface area contributed by atoms with Gasteiger partial charge in [-0.25, -0.2) is 0 Å². The lowest BCUT2D eigenvalue weighted by atomic mass is 9.75. The van der Waals surface area contributed by atoms with Gasteiger partial charge >= 0.3 is 0 Å². The third-order valence-corrected chi connectivity index (χ3v) is 5.35. The molecule has 120 valence electrons. The summed E-state index contributed by atoms with van der Waals surface area (Å²) in [5, 5.41) is 7.10. The molecular weight excluding hydrogens is 298 g/mol. The maximum absolute atomic E-state index is 5.56. The third-order valence-electron chi connectivity index (χ3n) is 5.11. The van der Waals surface area contributed by atoms with E-state index in [-0.39, 0.29) is 0 Å². The summed E-state index contributed by atoms with van der Waals surface area (Å²) >= 11 is 10.1. The van der Waals surface area contributed by atoms with Crippen LogP contribution in [0.15, 0.2) is 0 Å². The van der Waals surface area contributed by atoms with Crippen LogP contribution in [0.1, 0.15) is 64.7 Å². The van der Waals surface area contributed by atoms with Gasteiger partial charge < -0.3 is 16.4 Å². The number of nitrogens with one attached hydrogen (secondary N) is 2. The van der Waals surface area contributed by atoms with Crippen LogP contribution in [-0.4, -0.2) is 22.2 Å². The Labute approximate surface area is 139 Å². The van der Waals surface area contributed by atoms with Crippen molar-refractivity contribution in [1.82, 2.24) is 10.6 Å². The highest BCUT2D eigenvalue weighted by atomic mass is 32.1. The Morgan fingerprint density at radius 2 is 1.29 bits per heavy atom. The number of thiocarbonyl (C=S) groups is 2. The minimum absolute atomic E-state index is 0.457. The molecular formula is C16H29N3S2. The Morgan fingerprint density at radius 1 is 0.857 bits per heavy atom. The van der Waals surface area contributed by atoms with E-state index < -0.39 is 0 Å². The predicted octanol–water partition coefficient (Wildman–Crippen LogP) is 3.26. The molecule has 0 bridgehead atoms. The fourth-order valence-corrected chi connectivity index (χ4v) is 4.38. The van der Waals surface area contributed by atoms with Crippen molar-refractivity contribution >= 4 is 34.5 Å². The molecule has 2 rings (SSSR count). The van der Waals surface area contributed by atoms with Gasteiger partial charge in [0.05, 0.1) is 4.99 Å². The van der Waals surface area contributed by atoms with Crippen LogP contribution >= 0.6 is 24.4 Å². The van der Waals surface area contributed by atoms with Crippen molar-refractivity contribution in [2.45, 2.75) is 76.8 Å². The summed E-state index contributed by atoms with van der Waals surface area (Å²) in [6, 6.07) is 1.15. The van der Waals surface area contributed by atoms with Crippen LogP contribution in [0.5, 0.6) is 0 Å². The molecule has 2 fully saturated rings. The largest absolute Gasteiger partial charge is 0.377 e. The van der Waals surface area contributed by atoms with Crippen molar-refractivity contribution in [2.75, 3.05) is 0 Å². The van der Waals surface area contributed by atoms with E-state index in [1.54, 1.807) is 0 Å². The van der Waals surface area contributed by atoms with Crippen LogP contribution in [0, 0.1) is 11.8 Å². The average molecular weight is 328 g/mol. The molecule has 2 aliphatic rings. The van der Waals surface area contributed by atoms with Crippen molar-refractivity contribution in [2.24, 2.45) is 17.6 Å². The Morgan fingerprint density at radius 3 is 1.67 bits per heavy atom. The van der Waals surface area contributed by atoms with Crippen molar-refractivity contribution in [3.8, 4) is 0 Å². The number of hydrogen-bond donors (Lipinski definition) is 3. The SMILES string of the molecule is CC(=S)NC1CCC(CC2CCC(NC(N)=S)CC2)CC1. The van der Waals surface area contributed by atoms with E-state index in [2.05, 4.69) is 10.6 Å². The lowest BCUT2D eigenvalue weighted by Gasteiger charge is -2.34. The first-order chi connectivity index (χ1) is 10.0. The van der Waals surface area contributed by atoms with E-state index in [0.29, 0.717) is 17.2 Å². The molecule has 0 aromatic heterocycles. The summed E-state index contributed by atoms with van der Waals surface area (Å²) in [7, 11) is 0. The van der Waals surface area contributed by atoms with Gasteiger partial charge in [0.1, 0.15) is 0 Å². The molecule has 4 N–H and O–H groups in total. The zero-order valence-corrected chi connectivity index (χ0v) is 14.7. The van der Waals surface area contributed by atoms with E-state index in [4.69, 9.17) is 30.2 Å². The van der Waals surface area contributed by atoms with E-state index in [1.807, 2.05) is 6.92 Å². The van der Waals surface area contributed by atoms with Crippen LogP contribution in [0.3, 0.4) is 0 Å². The molecule has 0 heterocycles. The van der Waals surface area contributed by atoms with Crippen LogP contribution in [0.4, 0.5) is 0 Å². The molecule has 0 aliphatic heterocycles. The second kappa shape index (κ2) is 8.28. The lowest BCUT2D eigenvalue weighted by molar-refractivity contribution is 0.217. The van der Waals surface area contributed by atoms with E-state index >= 15 is 0 Å². The molecule has 0 spiro atoms. The van der Waals surface area contributed by atoms with E-state index in [0.717, 1.165) is 16.8 Å². The Hall–Kier alpha value is -0.420. The quantitative estimate of drug-likeness (QED) is 0.692. The van der Waals surface area contributed by atoms with Gasteiger partial charge in [-0.2, -0.15) is 0 Å². The third kappa shape index (κ3) is 6.07. The summed E-state index contributed by atoms with van der Waals surface area (Å²) < 4.78 is 0. The molecule has 2 aliphatic carbocycles. The topological polar surface area (TPSA) is 50.1 Å². The van der Waals surface area contributed by atoms with Crippen LogP contribution in [-0.2, 0) is 0 Å². The predicted molar refractivity (Wildman–Crippen MR) is 97.4 cm³/mol. The van der Waals surface area contributed by atoms with Gasteiger partial charge in [-0.1, -0.05) is 12.2 Å². The molecule has 5 heteroatoms. The van der Waals surface area contributed by atoms with Crippen LogP contribution < -0.4 is 16.4 Å². The van der Waals surface area contributed by atoms with Crippen molar-refractivity contribution in [3.05, 3.63) is 0 Å². The highest BCUT2D eigenvalue weighted by Gasteiger charge is 2.26. The second-order valence-corrected chi connectivity index (χ2v) is 7.93. The minimum Gasteiger partial charge on any atom is -0.377 e. The smallest absolute Gasteiger partial charge is 0.163 e. The van der Waals surface area contributed by atoms with Crippen LogP contribution in [0.2, 0.25) is 0 Å². The monoisotopic (exact) mass is 327 g/mol. The maximum Gasteiger partial charge on any atom is 0.163 e.